The highest BCUT2D eigenvalue weighted by Gasteiger charge is 2.35. The molecule has 0 amide bonds. The lowest BCUT2D eigenvalue weighted by Crippen LogP contribution is -1.94. The van der Waals surface area contributed by atoms with Crippen LogP contribution in [-0.4, -0.2) is 23.3 Å². The van der Waals surface area contributed by atoms with Crippen LogP contribution in [0.15, 0.2) is 0 Å². The minimum absolute atomic E-state index is 0.323. The maximum atomic E-state index is 10.2. The first-order valence-electron chi connectivity index (χ1n) is 6.11. The molecular weight excluding hydrogens is 192 g/mol. The number of carbonyl (C=O) groups is 1. The predicted octanol–water partition coefficient (Wildman–Crippen LogP) is 2.98. The van der Waals surface area contributed by atoms with Crippen LogP contribution in [0.5, 0.6) is 0 Å². The van der Waals surface area contributed by atoms with Gasteiger partial charge in [0.15, 0.2) is 0 Å². The molecule has 0 radical (unpaired) electrons. The van der Waals surface area contributed by atoms with Gasteiger partial charge < -0.3 is 9.84 Å². The summed E-state index contributed by atoms with van der Waals surface area (Å²) in [6, 6.07) is 0. The highest BCUT2D eigenvalue weighted by molar-refractivity contribution is 5.66. The number of hydrogen-bond donors (Lipinski definition) is 1. The Kier molecular flexibility index (Phi) is 5.69. The van der Waals surface area contributed by atoms with Gasteiger partial charge in [-0.05, 0) is 19.3 Å². The summed E-state index contributed by atoms with van der Waals surface area (Å²) in [5.41, 5.74) is 0. The van der Waals surface area contributed by atoms with Crippen LogP contribution in [-0.2, 0) is 9.53 Å². The van der Waals surface area contributed by atoms with Gasteiger partial charge in [-0.2, -0.15) is 0 Å². The zero-order chi connectivity index (χ0) is 11.1. The molecule has 2 unspecified atom stereocenters. The Morgan fingerprint density at radius 2 is 1.80 bits per heavy atom. The lowest BCUT2D eigenvalue weighted by Gasteiger charge is -1.98. The van der Waals surface area contributed by atoms with E-state index in [1.165, 1.54) is 19.3 Å². The highest BCUT2D eigenvalue weighted by atomic mass is 16.6. The summed E-state index contributed by atoms with van der Waals surface area (Å²) in [5, 5.41) is 8.44. The van der Waals surface area contributed by atoms with Crippen molar-refractivity contribution in [3.05, 3.63) is 0 Å². The van der Waals surface area contributed by atoms with E-state index in [2.05, 4.69) is 6.92 Å². The second kappa shape index (κ2) is 6.83. The fraction of sp³-hybridized carbons (Fsp3) is 0.917. The number of aliphatic carboxylic acids is 1. The molecule has 1 fully saturated rings. The Morgan fingerprint density at radius 3 is 2.40 bits per heavy atom. The van der Waals surface area contributed by atoms with Gasteiger partial charge in [-0.15, -0.1) is 0 Å². The standard InChI is InChI=1S/C12H22O3/c1-2-10-11(15-10)8-6-4-3-5-7-9-12(13)14/h10-11H,2-9H2,1H3,(H,13,14). The molecule has 1 aliphatic rings. The van der Waals surface area contributed by atoms with Crippen molar-refractivity contribution in [2.45, 2.75) is 70.5 Å². The second-order valence-electron chi connectivity index (χ2n) is 4.32. The molecule has 1 saturated heterocycles. The van der Waals surface area contributed by atoms with Crippen LogP contribution in [0.1, 0.15) is 58.3 Å². The third kappa shape index (κ3) is 5.78. The van der Waals surface area contributed by atoms with E-state index in [0.717, 1.165) is 25.7 Å². The van der Waals surface area contributed by atoms with Crippen molar-refractivity contribution in [2.75, 3.05) is 0 Å². The molecule has 0 aliphatic carbocycles. The van der Waals surface area contributed by atoms with Gasteiger partial charge in [-0.3, -0.25) is 4.79 Å². The summed E-state index contributed by atoms with van der Waals surface area (Å²) in [6.07, 6.45) is 9.22. The smallest absolute Gasteiger partial charge is 0.303 e. The number of unbranched alkanes of at least 4 members (excludes halogenated alkanes) is 4. The number of epoxide rings is 1. The molecule has 0 aromatic heterocycles. The van der Waals surface area contributed by atoms with Crippen molar-refractivity contribution in [1.29, 1.82) is 0 Å². The molecule has 0 aromatic carbocycles. The number of carboxylic acid groups (broad SMARTS) is 1. The average Bonchev–Trinajstić information content (AvgIpc) is 2.94. The summed E-state index contributed by atoms with van der Waals surface area (Å²) in [4.78, 5) is 10.2. The molecule has 0 aromatic rings. The Hall–Kier alpha value is -0.570. The first-order valence-corrected chi connectivity index (χ1v) is 6.11. The predicted molar refractivity (Wildman–Crippen MR) is 58.9 cm³/mol. The Bertz CT molecular complexity index is 191. The fourth-order valence-corrected chi connectivity index (χ4v) is 1.94. The van der Waals surface area contributed by atoms with Crippen LogP contribution in [0.4, 0.5) is 0 Å². The summed E-state index contributed by atoms with van der Waals surface area (Å²) < 4.78 is 5.45. The number of carboxylic acids is 1. The van der Waals surface area contributed by atoms with Gasteiger partial charge in [0.2, 0.25) is 0 Å². The van der Waals surface area contributed by atoms with Gasteiger partial charge >= 0.3 is 5.97 Å². The summed E-state index contributed by atoms with van der Waals surface area (Å²) >= 11 is 0. The van der Waals surface area contributed by atoms with Crippen molar-refractivity contribution >= 4 is 5.97 Å². The average molecular weight is 214 g/mol. The van der Waals surface area contributed by atoms with E-state index in [0.29, 0.717) is 18.6 Å². The molecule has 15 heavy (non-hydrogen) atoms. The van der Waals surface area contributed by atoms with E-state index in [4.69, 9.17) is 9.84 Å². The molecule has 2 atom stereocenters. The Balaban J connectivity index is 1.76. The van der Waals surface area contributed by atoms with E-state index in [9.17, 15) is 4.79 Å². The van der Waals surface area contributed by atoms with Gasteiger partial charge in [0.1, 0.15) is 0 Å². The maximum absolute atomic E-state index is 10.2. The minimum atomic E-state index is -0.674. The maximum Gasteiger partial charge on any atom is 0.303 e. The van der Waals surface area contributed by atoms with Crippen molar-refractivity contribution < 1.29 is 14.6 Å². The van der Waals surface area contributed by atoms with E-state index in [1.807, 2.05) is 0 Å². The van der Waals surface area contributed by atoms with Gasteiger partial charge in [0.25, 0.3) is 0 Å². The van der Waals surface area contributed by atoms with Crippen molar-refractivity contribution in [1.82, 2.24) is 0 Å². The van der Waals surface area contributed by atoms with Crippen LogP contribution in [0, 0.1) is 0 Å². The molecule has 88 valence electrons. The Labute approximate surface area is 91.8 Å². The molecule has 1 aliphatic heterocycles. The first kappa shape index (κ1) is 12.5. The molecule has 3 nitrogen and oxygen atoms in total. The quantitative estimate of drug-likeness (QED) is 0.474. The van der Waals surface area contributed by atoms with Gasteiger partial charge in [0.05, 0.1) is 12.2 Å². The third-order valence-electron chi connectivity index (χ3n) is 2.97. The number of ether oxygens (including phenoxy) is 1. The zero-order valence-electron chi connectivity index (χ0n) is 9.58. The van der Waals surface area contributed by atoms with Gasteiger partial charge in [-0.1, -0.05) is 32.6 Å². The number of rotatable bonds is 9. The molecule has 1 rings (SSSR count). The SMILES string of the molecule is CCC1OC1CCCCCCCC(=O)O. The molecule has 1 heterocycles. The molecule has 1 N–H and O–H groups in total. The highest BCUT2D eigenvalue weighted by Crippen LogP contribution is 2.29. The first-order chi connectivity index (χ1) is 7.24. The van der Waals surface area contributed by atoms with Gasteiger partial charge in [-0.25, -0.2) is 0 Å². The summed E-state index contributed by atoms with van der Waals surface area (Å²) in [5.74, 6) is -0.674. The van der Waals surface area contributed by atoms with Gasteiger partial charge in [0, 0.05) is 6.42 Å². The van der Waals surface area contributed by atoms with E-state index in [1.54, 1.807) is 0 Å². The summed E-state index contributed by atoms with van der Waals surface area (Å²) in [7, 11) is 0. The monoisotopic (exact) mass is 214 g/mol. The molecule has 0 bridgehead atoms. The molecular formula is C12H22O3. The lowest BCUT2D eigenvalue weighted by molar-refractivity contribution is -0.137. The molecule has 3 heteroatoms. The largest absolute Gasteiger partial charge is 0.481 e. The second-order valence-corrected chi connectivity index (χ2v) is 4.32. The third-order valence-corrected chi connectivity index (χ3v) is 2.97. The Morgan fingerprint density at radius 1 is 1.13 bits per heavy atom. The van der Waals surface area contributed by atoms with E-state index < -0.39 is 5.97 Å². The van der Waals surface area contributed by atoms with Crippen LogP contribution in [0.25, 0.3) is 0 Å². The van der Waals surface area contributed by atoms with Crippen LogP contribution in [0.2, 0.25) is 0 Å². The zero-order valence-corrected chi connectivity index (χ0v) is 9.58. The summed E-state index contributed by atoms with van der Waals surface area (Å²) in [6.45, 7) is 2.16. The van der Waals surface area contributed by atoms with Crippen LogP contribution < -0.4 is 0 Å². The van der Waals surface area contributed by atoms with Crippen molar-refractivity contribution in [3.63, 3.8) is 0 Å². The minimum Gasteiger partial charge on any atom is -0.481 e. The topological polar surface area (TPSA) is 49.8 Å². The fourth-order valence-electron chi connectivity index (χ4n) is 1.94. The van der Waals surface area contributed by atoms with Crippen LogP contribution >= 0.6 is 0 Å². The van der Waals surface area contributed by atoms with Crippen LogP contribution in [0.3, 0.4) is 0 Å². The van der Waals surface area contributed by atoms with Crippen molar-refractivity contribution in [2.24, 2.45) is 0 Å². The number of hydrogen-bond acceptors (Lipinski definition) is 2. The molecule has 0 saturated carbocycles. The van der Waals surface area contributed by atoms with Crippen molar-refractivity contribution in [3.8, 4) is 0 Å². The lowest BCUT2D eigenvalue weighted by atomic mass is 10.1. The van der Waals surface area contributed by atoms with E-state index in [-0.39, 0.29) is 0 Å². The molecule has 0 spiro atoms. The van der Waals surface area contributed by atoms with E-state index >= 15 is 0 Å². The normalized spacial score (nSPS) is 24.1.